The molecule has 0 spiro atoms. The predicted molar refractivity (Wildman–Crippen MR) is 97.1 cm³/mol. The summed E-state index contributed by atoms with van der Waals surface area (Å²) in [5.74, 6) is -0.751. The first kappa shape index (κ1) is 16.7. The number of Topliss-reactive ketones (excluding diaryl/α,β-unsaturated/α-hetero) is 1. The van der Waals surface area contributed by atoms with Gasteiger partial charge in [-0.3, -0.25) is 9.59 Å². The van der Waals surface area contributed by atoms with Crippen molar-refractivity contribution in [3.05, 3.63) is 96.1 Å². The summed E-state index contributed by atoms with van der Waals surface area (Å²) in [4.78, 5) is 24.1. The summed E-state index contributed by atoms with van der Waals surface area (Å²) in [6, 6.07) is 26.6. The van der Waals surface area contributed by atoms with Gasteiger partial charge in [-0.25, -0.2) is 0 Å². The van der Waals surface area contributed by atoms with Crippen LogP contribution in [0.15, 0.2) is 84.9 Å². The number of esters is 1. The molecule has 0 fully saturated rings. The maximum absolute atomic E-state index is 12.2. The van der Waals surface area contributed by atoms with Crippen molar-refractivity contribution in [3.8, 4) is 11.1 Å². The zero-order valence-corrected chi connectivity index (χ0v) is 13.7. The van der Waals surface area contributed by atoms with Gasteiger partial charge in [0.1, 0.15) is 13.0 Å². The SMILES string of the molecule is O=C(CC(=O)c1ccc(-c2ccccc2)cc1)OCc1ccccc1. The van der Waals surface area contributed by atoms with Gasteiger partial charge in [-0.2, -0.15) is 0 Å². The summed E-state index contributed by atoms with van der Waals surface area (Å²) in [6.45, 7) is 0.180. The van der Waals surface area contributed by atoms with E-state index >= 15 is 0 Å². The molecule has 3 aromatic carbocycles. The van der Waals surface area contributed by atoms with Crippen LogP contribution in [0, 0.1) is 0 Å². The van der Waals surface area contributed by atoms with Crippen LogP contribution in [-0.4, -0.2) is 11.8 Å². The van der Waals surface area contributed by atoms with Crippen LogP contribution in [0.2, 0.25) is 0 Å². The molecule has 3 heteroatoms. The first-order valence-corrected chi connectivity index (χ1v) is 8.10. The van der Waals surface area contributed by atoms with Crippen molar-refractivity contribution < 1.29 is 14.3 Å². The molecule has 0 radical (unpaired) electrons. The molecular formula is C22H18O3. The normalized spacial score (nSPS) is 10.2. The maximum atomic E-state index is 12.2. The molecule has 0 heterocycles. The van der Waals surface area contributed by atoms with Gasteiger partial charge in [0.15, 0.2) is 5.78 Å². The minimum absolute atomic E-state index is 0.180. The molecule has 0 aliphatic heterocycles. The molecule has 0 atom stereocenters. The summed E-state index contributed by atoms with van der Waals surface area (Å²) < 4.78 is 5.15. The molecule has 3 rings (SSSR count). The van der Waals surface area contributed by atoms with E-state index in [1.54, 1.807) is 12.1 Å². The molecule has 0 aromatic heterocycles. The van der Waals surface area contributed by atoms with Gasteiger partial charge in [-0.15, -0.1) is 0 Å². The molecule has 0 saturated heterocycles. The van der Waals surface area contributed by atoms with Gasteiger partial charge < -0.3 is 4.74 Å². The number of carbonyl (C=O) groups is 2. The van der Waals surface area contributed by atoms with Crippen LogP contribution in [0.1, 0.15) is 22.3 Å². The molecule has 0 bridgehead atoms. The average Bonchev–Trinajstić information content (AvgIpc) is 2.68. The van der Waals surface area contributed by atoms with E-state index in [2.05, 4.69) is 0 Å². The lowest BCUT2D eigenvalue weighted by Crippen LogP contribution is -2.11. The maximum Gasteiger partial charge on any atom is 0.314 e. The van der Waals surface area contributed by atoms with Crippen molar-refractivity contribution in [3.63, 3.8) is 0 Å². The Morgan fingerprint density at radius 3 is 1.88 bits per heavy atom. The molecule has 0 aliphatic carbocycles. The Labute approximate surface area is 146 Å². The van der Waals surface area contributed by atoms with Crippen LogP contribution >= 0.6 is 0 Å². The average molecular weight is 330 g/mol. The molecule has 0 amide bonds. The Morgan fingerprint density at radius 2 is 1.24 bits per heavy atom. The van der Waals surface area contributed by atoms with Gasteiger partial charge in [0, 0.05) is 5.56 Å². The molecule has 124 valence electrons. The van der Waals surface area contributed by atoms with E-state index in [-0.39, 0.29) is 18.8 Å². The molecule has 0 unspecified atom stereocenters. The molecule has 3 aromatic rings. The van der Waals surface area contributed by atoms with E-state index in [0.717, 1.165) is 16.7 Å². The topological polar surface area (TPSA) is 43.4 Å². The zero-order valence-electron chi connectivity index (χ0n) is 13.7. The first-order valence-electron chi connectivity index (χ1n) is 8.10. The highest BCUT2D eigenvalue weighted by molar-refractivity contribution is 6.06. The monoisotopic (exact) mass is 330 g/mol. The summed E-state index contributed by atoms with van der Waals surface area (Å²) in [6.07, 6.45) is -0.252. The first-order chi connectivity index (χ1) is 12.2. The quantitative estimate of drug-likeness (QED) is 0.375. The highest BCUT2D eigenvalue weighted by Crippen LogP contribution is 2.19. The Kier molecular flexibility index (Phi) is 5.37. The number of ether oxygens (including phenoxy) is 1. The lowest BCUT2D eigenvalue weighted by atomic mass is 10.0. The number of ketones is 1. The molecule has 25 heavy (non-hydrogen) atoms. The van der Waals surface area contributed by atoms with Gasteiger partial charge in [0.05, 0.1) is 0 Å². The van der Waals surface area contributed by atoms with Crippen molar-refractivity contribution in [2.45, 2.75) is 13.0 Å². The summed E-state index contributed by atoms with van der Waals surface area (Å²) in [7, 11) is 0. The van der Waals surface area contributed by atoms with Crippen molar-refractivity contribution in [2.75, 3.05) is 0 Å². The van der Waals surface area contributed by atoms with Crippen molar-refractivity contribution in [2.24, 2.45) is 0 Å². The van der Waals surface area contributed by atoms with Crippen LogP contribution in [-0.2, 0) is 16.1 Å². The molecule has 0 saturated carbocycles. The van der Waals surface area contributed by atoms with Gasteiger partial charge in [0.2, 0.25) is 0 Å². The van der Waals surface area contributed by atoms with Gasteiger partial charge >= 0.3 is 5.97 Å². The van der Waals surface area contributed by atoms with E-state index < -0.39 is 5.97 Å². The van der Waals surface area contributed by atoms with E-state index in [1.807, 2.05) is 72.8 Å². The Hall–Kier alpha value is -3.20. The smallest absolute Gasteiger partial charge is 0.314 e. The third kappa shape index (κ3) is 4.64. The predicted octanol–water partition coefficient (Wildman–Crippen LogP) is 4.67. The largest absolute Gasteiger partial charge is 0.460 e. The zero-order chi connectivity index (χ0) is 17.5. The number of hydrogen-bond donors (Lipinski definition) is 0. The highest BCUT2D eigenvalue weighted by Gasteiger charge is 2.13. The van der Waals surface area contributed by atoms with Crippen LogP contribution in [0.4, 0.5) is 0 Å². The van der Waals surface area contributed by atoms with E-state index in [0.29, 0.717) is 5.56 Å². The number of benzene rings is 3. The minimum Gasteiger partial charge on any atom is -0.460 e. The van der Waals surface area contributed by atoms with Gasteiger partial charge in [-0.1, -0.05) is 84.9 Å². The minimum atomic E-state index is -0.513. The fraction of sp³-hybridized carbons (Fsp3) is 0.0909. The lowest BCUT2D eigenvalue weighted by molar-refractivity contribution is -0.143. The van der Waals surface area contributed by atoms with Crippen LogP contribution < -0.4 is 0 Å². The van der Waals surface area contributed by atoms with Crippen LogP contribution in [0.3, 0.4) is 0 Å². The number of carbonyl (C=O) groups excluding carboxylic acids is 2. The number of rotatable bonds is 6. The summed E-state index contributed by atoms with van der Waals surface area (Å²) in [5.41, 5.74) is 3.53. The summed E-state index contributed by atoms with van der Waals surface area (Å²) in [5, 5.41) is 0. The third-order valence-corrected chi connectivity index (χ3v) is 3.86. The molecule has 0 N–H and O–H groups in total. The summed E-state index contributed by atoms with van der Waals surface area (Å²) >= 11 is 0. The van der Waals surface area contributed by atoms with E-state index in [4.69, 9.17) is 4.74 Å². The molecule has 3 nitrogen and oxygen atoms in total. The van der Waals surface area contributed by atoms with Gasteiger partial charge in [-0.05, 0) is 16.7 Å². The second kappa shape index (κ2) is 8.06. The fourth-order valence-corrected chi connectivity index (χ4v) is 2.50. The number of hydrogen-bond acceptors (Lipinski definition) is 3. The third-order valence-electron chi connectivity index (χ3n) is 3.86. The molecular weight excluding hydrogens is 312 g/mol. The van der Waals surface area contributed by atoms with E-state index in [1.165, 1.54) is 0 Å². The Balaban J connectivity index is 1.56. The van der Waals surface area contributed by atoms with Crippen molar-refractivity contribution >= 4 is 11.8 Å². The second-order valence-corrected chi connectivity index (χ2v) is 5.69. The van der Waals surface area contributed by atoms with Crippen molar-refractivity contribution in [1.29, 1.82) is 0 Å². The van der Waals surface area contributed by atoms with Crippen LogP contribution in [0.5, 0.6) is 0 Å². The highest BCUT2D eigenvalue weighted by atomic mass is 16.5. The lowest BCUT2D eigenvalue weighted by Gasteiger charge is -2.06. The Bertz CT molecular complexity index is 837. The molecule has 0 aliphatic rings. The van der Waals surface area contributed by atoms with Crippen LogP contribution in [0.25, 0.3) is 11.1 Å². The second-order valence-electron chi connectivity index (χ2n) is 5.69. The Morgan fingerprint density at radius 1 is 0.680 bits per heavy atom. The standard InChI is InChI=1S/C22H18O3/c23-21(15-22(24)25-16-17-7-3-1-4-8-17)20-13-11-19(12-14-20)18-9-5-2-6-10-18/h1-14H,15-16H2. The fourth-order valence-electron chi connectivity index (χ4n) is 2.50. The van der Waals surface area contributed by atoms with E-state index in [9.17, 15) is 9.59 Å². The van der Waals surface area contributed by atoms with Gasteiger partial charge in [0.25, 0.3) is 0 Å². The van der Waals surface area contributed by atoms with Crippen molar-refractivity contribution in [1.82, 2.24) is 0 Å².